The third-order valence-corrected chi connectivity index (χ3v) is 4.15. The highest BCUT2D eigenvalue weighted by Crippen LogP contribution is 2.38. The van der Waals surface area contributed by atoms with E-state index >= 15 is 0 Å². The van der Waals surface area contributed by atoms with E-state index in [0.29, 0.717) is 43.4 Å². The van der Waals surface area contributed by atoms with Crippen LogP contribution in [-0.2, 0) is 9.59 Å². The number of carboxylic acids is 1. The highest BCUT2D eigenvalue weighted by molar-refractivity contribution is 5.92. The lowest BCUT2D eigenvalue weighted by Gasteiger charge is -2.33. The summed E-state index contributed by atoms with van der Waals surface area (Å²) in [6.07, 6.45) is 3.18. The molecular weight excluding hydrogens is 340 g/mol. The number of amides is 1. The monoisotopic (exact) mass is 364 g/mol. The molecule has 1 aromatic carbocycles. The molecule has 0 aromatic heterocycles. The number of hydrogen-bond donors (Lipinski definition) is 1. The summed E-state index contributed by atoms with van der Waals surface area (Å²) in [5.74, 6) is 0.552. The third-order valence-electron chi connectivity index (χ3n) is 4.15. The van der Waals surface area contributed by atoms with Gasteiger partial charge in [-0.25, -0.2) is 0 Å². The largest absolute Gasteiger partial charge is 0.493 e. The van der Waals surface area contributed by atoms with Crippen LogP contribution in [0.5, 0.6) is 17.2 Å². The van der Waals surface area contributed by atoms with Gasteiger partial charge in [-0.3, -0.25) is 14.5 Å². The number of benzene rings is 1. The quantitative estimate of drug-likeness (QED) is 0.721. The maximum Gasteiger partial charge on any atom is 0.317 e. The summed E-state index contributed by atoms with van der Waals surface area (Å²) >= 11 is 0. The predicted molar refractivity (Wildman–Crippen MR) is 95.8 cm³/mol. The fourth-order valence-electron chi connectivity index (χ4n) is 2.79. The first-order valence-corrected chi connectivity index (χ1v) is 8.19. The van der Waals surface area contributed by atoms with Crippen molar-refractivity contribution in [3.63, 3.8) is 0 Å². The molecule has 1 fully saturated rings. The third kappa shape index (κ3) is 4.89. The Morgan fingerprint density at radius 3 is 2.08 bits per heavy atom. The van der Waals surface area contributed by atoms with Crippen LogP contribution < -0.4 is 14.2 Å². The zero-order valence-corrected chi connectivity index (χ0v) is 15.2. The van der Waals surface area contributed by atoms with E-state index < -0.39 is 5.97 Å². The minimum absolute atomic E-state index is 0.00328. The smallest absolute Gasteiger partial charge is 0.317 e. The molecule has 0 unspecified atom stereocenters. The molecule has 0 spiro atoms. The van der Waals surface area contributed by atoms with Crippen LogP contribution in [0.25, 0.3) is 6.08 Å². The first kappa shape index (κ1) is 19.6. The molecule has 1 aromatic rings. The van der Waals surface area contributed by atoms with Gasteiger partial charge in [0.25, 0.3) is 0 Å². The Bertz CT molecular complexity index is 655. The van der Waals surface area contributed by atoms with E-state index in [9.17, 15) is 9.59 Å². The van der Waals surface area contributed by atoms with Gasteiger partial charge in [0.2, 0.25) is 11.7 Å². The topological polar surface area (TPSA) is 88.5 Å². The number of carboxylic acid groups (broad SMARTS) is 1. The van der Waals surface area contributed by atoms with Crippen LogP contribution in [0.4, 0.5) is 0 Å². The van der Waals surface area contributed by atoms with Crippen molar-refractivity contribution >= 4 is 18.0 Å². The standard InChI is InChI=1S/C18H24N2O6/c1-24-14-10-13(11-15(25-2)18(14)26-3)4-5-16(21)20-8-6-19(7-9-20)12-17(22)23/h4-5,10-11H,6-9,12H2,1-3H3,(H,22,23)/b5-4+. The van der Waals surface area contributed by atoms with Crippen molar-refractivity contribution in [1.29, 1.82) is 0 Å². The molecule has 0 aliphatic carbocycles. The molecule has 2 rings (SSSR count). The summed E-state index contributed by atoms with van der Waals surface area (Å²) in [7, 11) is 4.60. The van der Waals surface area contributed by atoms with Crippen molar-refractivity contribution in [2.45, 2.75) is 0 Å². The molecule has 1 aliphatic heterocycles. The number of carbonyl (C=O) groups excluding carboxylic acids is 1. The van der Waals surface area contributed by atoms with E-state index in [-0.39, 0.29) is 12.5 Å². The van der Waals surface area contributed by atoms with Crippen LogP contribution in [0.1, 0.15) is 5.56 Å². The summed E-state index contributed by atoms with van der Waals surface area (Å²) in [6.45, 7) is 2.12. The van der Waals surface area contributed by atoms with E-state index in [1.54, 1.807) is 23.1 Å². The number of hydrogen-bond acceptors (Lipinski definition) is 6. The van der Waals surface area contributed by atoms with Crippen LogP contribution in [-0.4, -0.2) is 80.8 Å². The Hall–Kier alpha value is -2.74. The normalized spacial score (nSPS) is 15.1. The number of methoxy groups -OCH3 is 3. The molecule has 1 amide bonds. The number of carbonyl (C=O) groups is 2. The fraction of sp³-hybridized carbons (Fsp3) is 0.444. The minimum Gasteiger partial charge on any atom is -0.493 e. The molecule has 1 N–H and O–H groups in total. The van der Waals surface area contributed by atoms with Crippen LogP contribution >= 0.6 is 0 Å². The van der Waals surface area contributed by atoms with Crippen molar-refractivity contribution < 1.29 is 28.9 Å². The van der Waals surface area contributed by atoms with Gasteiger partial charge in [-0.1, -0.05) is 0 Å². The second kappa shape index (κ2) is 9.10. The van der Waals surface area contributed by atoms with Gasteiger partial charge in [0.15, 0.2) is 11.5 Å². The molecule has 0 atom stereocenters. The molecule has 0 bridgehead atoms. The molecule has 26 heavy (non-hydrogen) atoms. The SMILES string of the molecule is COc1cc(/C=C/C(=O)N2CCN(CC(=O)O)CC2)cc(OC)c1OC. The molecule has 1 saturated heterocycles. The number of aliphatic carboxylic acids is 1. The average molecular weight is 364 g/mol. The van der Waals surface area contributed by atoms with Gasteiger partial charge in [0.1, 0.15) is 0 Å². The van der Waals surface area contributed by atoms with Crippen molar-refractivity contribution in [2.75, 3.05) is 54.1 Å². The Morgan fingerprint density at radius 2 is 1.62 bits per heavy atom. The summed E-state index contributed by atoms with van der Waals surface area (Å²) in [5, 5.41) is 8.81. The Kier molecular flexibility index (Phi) is 6.85. The van der Waals surface area contributed by atoms with Crippen LogP contribution in [0, 0.1) is 0 Å². The number of ether oxygens (including phenoxy) is 3. The molecule has 0 saturated carbocycles. The molecule has 1 aliphatic rings. The summed E-state index contributed by atoms with van der Waals surface area (Å²) < 4.78 is 15.9. The zero-order valence-electron chi connectivity index (χ0n) is 15.2. The van der Waals surface area contributed by atoms with Gasteiger partial charge >= 0.3 is 5.97 Å². The van der Waals surface area contributed by atoms with Crippen molar-refractivity contribution in [2.24, 2.45) is 0 Å². The molecule has 0 radical (unpaired) electrons. The summed E-state index contributed by atoms with van der Waals surface area (Å²) in [6, 6.07) is 3.52. The number of rotatable bonds is 7. The van der Waals surface area contributed by atoms with Crippen molar-refractivity contribution in [3.05, 3.63) is 23.8 Å². The summed E-state index contributed by atoms with van der Waals surface area (Å²) in [4.78, 5) is 26.6. The molecule has 8 heteroatoms. The number of nitrogens with zero attached hydrogens (tertiary/aromatic N) is 2. The van der Waals surface area contributed by atoms with E-state index in [0.717, 1.165) is 5.56 Å². The van der Waals surface area contributed by atoms with E-state index in [4.69, 9.17) is 19.3 Å². The Labute approximate surface area is 152 Å². The van der Waals surface area contributed by atoms with Crippen molar-refractivity contribution in [1.82, 2.24) is 9.80 Å². The minimum atomic E-state index is -0.855. The van der Waals surface area contributed by atoms with Crippen molar-refractivity contribution in [3.8, 4) is 17.2 Å². The lowest BCUT2D eigenvalue weighted by molar-refractivity contribution is -0.139. The fourth-order valence-corrected chi connectivity index (χ4v) is 2.79. The van der Waals surface area contributed by atoms with Gasteiger partial charge in [-0.2, -0.15) is 0 Å². The maximum atomic E-state index is 12.3. The lowest BCUT2D eigenvalue weighted by atomic mass is 10.1. The average Bonchev–Trinajstić information content (AvgIpc) is 2.65. The van der Waals surface area contributed by atoms with Gasteiger partial charge in [0.05, 0.1) is 27.9 Å². The predicted octanol–water partition coefficient (Wildman–Crippen LogP) is 0.954. The van der Waals surface area contributed by atoms with Gasteiger partial charge in [0, 0.05) is 32.3 Å². The van der Waals surface area contributed by atoms with Crippen LogP contribution in [0.2, 0.25) is 0 Å². The number of piperazine rings is 1. The van der Waals surface area contributed by atoms with E-state index in [1.807, 2.05) is 4.90 Å². The Balaban J connectivity index is 2.03. The van der Waals surface area contributed by atoms with E-state index in [2.05, 4.69) is 0 Å². The summed E-state index contributed by atoms with van der Waals surface area (Å²) in [5.41, 5.74) is 0.748. The zero-order chi connectivity index (χ0) is 19.1. The van der Waals surface area contributed by atoms with Gasteiger partial charge in [-0.15, -0.1) is 0 Å². The van der Waals surface area contributed by atoms with Crippen LogP contribution in [0.3, 0.4) is 0 Å². The molecule has 1 heterocycles. The first-order valence-electron chi connectivity index (χ1n) is 8.19. The highest BCUT2D eigenvalue weighted by Gasteiger charge is 2.21. The second-order valence-electron chi connectivity index (χ2n) is 5.79. The molecular formula is C18H24N2O6. The van der Waals surface area contributed by atoms with Crippen LogP contribution in [0.15, 0.2) is 18.2 Å². The molecule has 8 nitrogen and oxygen atoms in total. The van der Waals surface area contributed by atoms with Gasteiger partial charge < -0.3 is 24.2 Å². The van der Waals surface area contributed by atoms with E-state index in [1.165, 1.54) is 27.4 Å². The highest BCUT2D eigenvalue weighted by atomic mass is 16.5. The second-order valence-corrected chi connectivity index (χ2v) is 5.79. The first-order chi connectivity index (χ1) is 12.5. The van der Waals surface area contributed by atoms with Gasteiger partial charge in [-0.05, 0) is 23.8 Å². The lowest BCUT2D eigenvalue weighted by Crippen LogP contribution is -2.49. The Morgan fingerprint density at radius 1 is 1.04 bits per heavy atom. The maximum absolute atomic E-state index is 12.3. The molecule has 142 valence electrons.